The maximum atomic E-state index is 12.1. The Balaban J connectivity index is 1.53. The van der Waals surface area contributed by atoms with Crippen LogP contribution in [0.15, 0.2) is 59.8 Å². The van der Waals surface area contributed by atoms with Gasteiger partial charge in [-0.2, -0.15) is 0 Å². The second-order valence-electron chi connectivity index (χ2n) is 6.52. The fraction of sp³-hybridized carbons (Fsp3) is 0.286. The summed E-state index contributed by atoms with van der Waals surface area (Å²) in [7, 11) is 1.40. The van der Waals surface area contributed by atoms with E-state index in [0.717, 1.165) is 24.1 Å². The molecule has 0 radical (unpaired) electrons. The number of rotatable bonds is 7. The average molecular weight is 396 g/mol. The minimum absolute atomic E-state index is 0.00443. The molecule has 1 aliphatic rings. The highest BCUT2D eigenvalue weighted by Crippen LogP contribution is 2.08. The van der Waals surface area contributed by atoms with Crippen LogP contribution in [0.25, 0.3) is 0 Å². The first kappa shape index (κ1) is 20.3. The standard InChI is InChI=1S/C21H24N4O4/c1-28-25-19(24-21(27)29-14-16-5-3-2-4-6-16)17-9-7-15(8-10-17)13-23-20(26)18-11-12-22-18/h2-10,18,22H,11-14H2,1H3,(H,23,26)(H,24,25,27). The lowest BCUT2D eigenvalue weighted by molar-refractivity contribution is -0.124. The first-order valence-corrected chi connectivity index (χ1v) is 9.35. The third-order valence-electron chi connectivity index (χ3n) is 4.45. The van der Waals surface area contributed by atoms with Crippen LogP contribution in [0.1, 0.15) is 23.1 Å². The van der Waals surface area contributed by atoms with Gasteiger partial charge in [-0.15, -0.1) is 0 Å². The molecule has 0 aliphatic carbocycles. The Bertz CT molecular complexity index is 849. The van der Waals surface area contributed by atoms with Gasteiger partial charge in [0.25, 0.3) is 0 Å². The van der Waals surface area contributed by atoms with E-state index in [2.05, 4.69) is 21.1 Å². The summed E-state index contributed by atoms with van der Waals surface area (Å²) in [5.74, 6) is 0.240. The Labute approximate surface area is 169 Å². The van der Waals surface area contributed by atoms with Crippen LogP contribution in [0.2, 0.25) is 0 Å². The number of oxime groups is 1. The van der Waals surface area contributed by atoms with Gasteiger partial charge >= 0.3 is 6.09 Å². The highest BCUT2D eigenvalue weighted by molar-refractivity contribution is 6.06. The smallest absolute Gasteiger partial charge is 0.413 e. The summed E-state index contributed by atoms with van der Waals surface area (Å²) in [5.41, 5.74) is 2.47. The third kappa shape index (κ3) is 6.05. The molecule has 0 aromatic heterocycles. The number of hydrogen-bond acceptors (Lipinski definition) is 6. The van der Waals surface area contributed by atoms with Gasteiger partial charge in [-0.1, -0.05) is 59.8 Å². The number of carbonyl (C=O) groups excluding carboxylic acids is 2. The summed E-state index contributed by atoms with van der Waals surface area (Å²) in [6.45, 7) is 1.47. The van der Waals surface area contributed by atoms with E-state index in [9.17, 15) is 9.59 Å². The predicted octanol–water partition coefficient (Wildman–Crippen LogP) is 1.90. The van der Waals surface area contributed by atoms with Gasteiger partial charge in [0.1, 0.15) is 13.7 Å². The van der Waals surface area contributed by atoms with E-state index < -0.39 is 6.09 Å². The van der Waals surface area contributed by atoms with Crippen molar-refractivity contribution in [3.8, 4) is 0 Å². The quantitative estimate of drug-likeness (QED) is 0.377. The molecule has 8 heteroatoms. The van der Waals surface area contributed by atoms with E-state index >= 15 is 0 Å². The lowest BCUT2D eigenvalue weighted by Crippen LogP contribution is -2.52. The highest BCUT2D eigenvalue weighted by Gasteiger charge is 2.23. The molecule has 0 saturated carbocycles. The molecule has 1 heterocycles. The molecule has 3 rings (SSSR count). The lowest BCUT2D eigenvalue weighted by atomic mass is 10.1. The molecule has 1 saturated heterocycles. The number of amides is 2. The monoisotopic (exact) mass is 396 g/mol. The maximum absolute atomic E-state index is 12.1. The molecule has 2 aromatic rings. The summed E-state index contributed by atoms with van der Waals surface area (Å²) >= 11 is 0. The topological polar surface area (TPSA) is 101 Å². The Morgan fingerprint density at radius 3 is 2.45 bits per heavy atom. The number of benzene rings is 2. The number of alkyl carbamates (subject to hydrolysis) is 1. The van der Waals surface area contributed by atoms with Crippen molar-refractivity contribution in [3.63, 3.8) is 0 Å². The van der Waals surface area contributed by atoms with E-state index in [4.69, 9.17) is 9.57 Å². The normalized spacial score (nSPS) is 15.8. The molecule has 1 fully saturated rings. The number of ether oxygens (including phenoxy) is 1. The molecule has 8 nitrogen and oxygen atoms in total. The van der Waals surface area contributed by atoms with Crippen LogP contribution in [0.4, 0.5) is 4.79 Å². The van der Waals surface area contributed by atoms with E-state index in [-0.39, 0.29) is 24.4 Å². The fourth-order valence-electron chi connectivity index (χ4n) is 2.70. The molecule has 1 unspecified atom stereocenters. The van der Waals surface area contributed by atoms with Crippen molar-refractivity contribution >= 4 is 17.8 Å². The van der Waals surface area contributed by atoms with Gasteiger partial charge in [0, 0.05) is 12.1 Å². The van der Waals surface area contributed by atoms with Crippen LogP contribution >= 0.6 is 0 Å². The van der Waals surface area contributed by atoms with Crippen LogP contribution in [-0.4, -0.2) is 37.5 Å². The third-order valence-corrected chi connectivity index (χ3v) is 4.45. The van der Waals surface area contributed by atoms with Crippen molar-refractivity contribution in [1.82, 2.24) is 16.0 Å². The first-order valence-electron chi connectivity index (χ1n) is 9.35. The summed E-state index contributed by atoms with van der Waals surface area (Å²) in [6, 6.07) is 16.6. The van der Waals surface area contributed by atoms with Crippen LogP contribution in [0.5, 0.6) is 0 Å². The zero-order valence-corrected chi connectivity index (χ0v) is 16.2. The number of nitrogens with one attached hydrogen (secondary N) is 3. The van der Waals surface area contributed by atoms with Crippen molar-refractivity contribution in [2.24, 2.45) is 5.16 Å². The highest BCUT2D eigenvalue weighted by atomic mass is 16.6. The van der Waals surface area contributed by atoms with E-state index in [0.29, 0.717) is 12.1 Å². The maximum Gasteiger partial charge on any atom is 0.413 e. The van der Waals surface area contributed by atoms with Crippen molar-refractivity contribution in [3.05, 3.63) is 71.3 Å². The molecule has 29 heavy (non-hydrogen) atoms. The average Bonchev–Trinajstić information content (AvgIpc) is 2.70. The molecule has 3 N–H and O–H groups in total. The molecule has 2 aromatic carbocycles. The van der Waals surface area contributed by atoms with E-state index in [1.807, 2.05) is 42.5 Å². The second kappa shape index (κ2) is 10.2. The largest absolute Gasteiger partial charge is 0.444 e. The molecule has 1 atom stereocenters. The Hall–Kier alpha value is -3.39. The number of nitrogens with zero attached hydrogens (tertiary/aromatic N) is 1. The fourth-order valence-corrected chi connectivity index (χ4v) is 2.70. The first-order chi connectivity index (χ1) is 14.2. The predicted molar refractivity (Wildman–Crippen MR) is 108 cm³/mol. The van der Waals surface area contributed by atoms with Gasteiger partial charge < -0.3 is 20.2 Å². The number of hydrogen-bond donors (Lipinski definition) is 3. The SMILES string of the molecule is CO/N=C(/NC(=O)OCc1ccccc1)c1ccc(CNC(=O)C2CCN2)cc1. The van der Waals surface area contributed by atoms with Gasteiger partial charge in [-0.3, -0.25) is 10.1 Å². The van der Waals surface area contributed by atoms with Gasteiger partial charge in [0.2, 0.25) is 5.91 Å². The van der Waals surface area contributed by atoms with E-state index in [1.165, 1.54) is 7.11 Å². The molecule has 1 aliphatic heterocycles. The molecular formula is C21H24N4O4. The van der Waals surface area contributed by atoms with Gasteiger partial charge in [0.15, 0.2) is 5.84 Å². The van der Waals surface area contributed by atoms with Crippen LogP contribution in [0.3, 0.4) is 0 Å². The molecule has 2 amide bonds. The van der Waals surface area contributed by atoms with Gasteiger partial charge in [-0.05, 0) is 24.1 Å². The lowest BCUT2D eigenvalue weighted by Gasteiger charge is -2.26. The molecular weight excluding hydrogens is 372 g/mol. The Kier molecular flexibility index (Phi) is 7.18. The van der Waals surface area contributed by atoms with Gasteiger partial charge in [0.05, 0.1) is 6.04 Å². The molecule has 0 spiro atoms. The number of carbonyl (C=O) groups is 2. The van der Waals surface area contributed by atoms with Crippen molar-refractivity contribution in [2.45, 2.75) is 25.6 Å². The van der Waals surface area contributed by atoms with Crippen LogP contribution < -0.4 is 16.0 Å². The Morgan fingerprint density at radius 2 is 1.83 bits per heavy atom. The van der Waals surface area contributed by atoms with Crippen molar-refractivity contribution in [1.29, 1.82) is 0 Å². The summed E-state index contributed by atoms with van der Waals surface area (Å²) in [5, 5.41) is 12.4. The minimum Gasteiger partial charge on any atom is -0.444 e. The van der Waals surface area contributed by atoms with Crippen LogP contribution in [0, 0.1) is 0 Å². The van der Waals surface area contributed by atoms with E-state index in [1.54, 1.807) is 12.1 Å². The minimum atomic E-state index is -0.631. The Morgan fingerprint density at radius 1 is 1.10 bits per heavy atom. The van der Waals surface area contributed by atoms with Gasteiger partial charge in [-0.25, -0.2) is 4.79 Å². The summed E-state index contributed by atoms with van der Waals surface area (Å²) < 4.78 is 5.21. The second-order valence-corrected chi connectivity index (χ2v) is 6.52. The molecule has 152 valence electrons. The van der Waals surface area contributed by atoms with Crippen molar-refractivity contribution < 1.29 is 19.2 Å². The zero-order valence-electron chi connectivity index (χ0n) is 16.2. The van der Waals surface area contributed by atoms with Crippen LogP contribution in [-0.2, 0) is 27.5 Å². The molecule has 0 bridgehead atoms. The summed E-state index contributed by atoms with van der Waals surface area (Å²) in [4.78, 5) is 28.8. The van der Waals surface area contributed by atoms with Crippen molar-refractivity contribution in [2.75, 3.05) is 13.7 Å². The zero-order chi connectivity index (χ0) is 20.5. The summed E-state index contributed by atoms with van der Waals surface area (Å²) in [6.07, 6.45) is 0.238. The number of amidine groups is 1.